The van der Waals surface area contributed by atoms with Crippen molar-refractivity contribution >= 4 is 5.97 Å². The van der Waals surface area contributed by atoms with E-state index >= 15 is 0 Å². The normalized spacial score (nSPS) is 23.5. The van der Waals surface area contributed by atoms with Crippen molar-refractivity contribution in [3.63, 3.8) is 0 Å². The molecule has 0 radical (unpaired) electrons. The Bertz CT molecular complexity index is 905. The summed E-state index contributed by atoms with van der Waals surface area (Å²) in [6.07, 6.45) is 10.6. The summed E-state index contributed by atoms with van der Waals surface area (Å²) in [5.41, 5.74) is 3.62. The number of hydrogen-bond donors (Lipinski definition) is 1. The number of piperidine rings is 1. The van der Waals surface area contributed by atoms with Crippen LogP contribution in [0.1, 0.15) is 50.5 Å². The number of ether oxygens (including phenoxy) is 2. The van der Waals surface area contributed by atoms with Crippen LogP contribution in [0.2, 0.25) is 0 Å². The number of carboxylic acids is 1. The van der Waals surface area contributed by atoms with E-state index in [0.29, 0.717) is 25.7 Å². The molecule has 1 heterocycles. The summed E-state index contributed by atoms with van der Waals surface area (Å²) < 4.78 is 12.8. The van der Waals surface area contributed by atoms with Crippen LogP contribution < -0.4 is 0 Å². The Balaban J connectivity index is 1.33. The lowest BCUT2D eigenvalue weighted by molar-refractivity contribution is -0.131. The predicted octanol–water partition coefficient (Wildman–Crippen LogP) is 5.69. The van der Waals surface area contributed by atoms with E-state index in [1.807, 2.05) is 6.07 Å². The van der Waals surface area contributed by atoms with Crippen LogP contribution in [0.5, 0.6) is 0 Å². The minimum Gasteiger partial charge on any atom is -0.478 e. The van der Waals surface area contributed by atoms with Crippen molar-refractivity contribution < 1.29 is 19.4 Å². The molecule has 1 aliphatic heterocycles. The first-order valence-electron chi connectivity index (χ1n) is 12.7. The third kappa shape index (κ3) is 7.02. The Kier molecular flexibility index (Phi) is 9.31. The molecular weight excluding hydrogens is 426 g/mol. The molecule has 0 bridgehead atoms. The van der Waals surface area contributed by atoms with E-state index in [0.717, 1.165) is 32.4 Å². The summed E-state index contributed by atoms with van der Waals surface area (Å²) in [6, 6.07) is 19.5. The highest BCUT2D eigenvalue weighted by molar-refractivity contribution is 5.79. The Hall–Kier alpha value is -2.47. The molecule has 0 unspecified atom stereocenters. The van der Waals surface area contributed by atoms with Gasteiger partial charge in [0.2, 0.25) is 0 Å². The summed E-state index contributed by atoms with van der Waals surface area (Å²) in [6.45, 7) is 3.53. The van der Waals surface area contributed by atoms with Gasteiger partial charge in [-0.15, -0.1) is 0 Å². The van der Waals surface area contributed by atoms with Gasteiger partial charge >= 0.3 is 5.97 Å². The molecule has 1 saturated carbocycles. The molecule has 1 aliphatic carbocycles. The molecule has 2 fully saturated rings. The van der Waals surface area contributed by atoms with Crippen LogP contribution in [0.15, 0.2) is 66.7 Å². The number of hydrogen-bond acceptors (Lipinski definition) is 4. The zero-order chi connectivity index (χ0) is 23.6. The fourth-order valence-corrected chi connectivity index (χ4v) is 5.18. The van der Waals surface area contributed by atoms with Crippen molar-refractivity contribution in [2.24, 2.45) is 0 Å². The number of carbonyl (C=O) groups is 1. The molecule has 182 valence electrons. The first-order chi connectivity index (χ1) is 16.7. The highest BCUT2D eigenvalue weighted by Gasteiger charge is 2.41. The van der Waals surface area contributed by atoms with Gasteiger partial charge in [-0.25, -0.2) is 4.79 Å². The number of likely N-dealkylation sites (tertiary alicyclic amines) is 1. The van der Waals surface area contributed by atoms with Gasteiger partial charge in [-0.3, -0.25) is 4.90 Å². The van der Waals surface area contributed by atoms with Crippen LogP contribution in [0.25, 0.3) is 11.1 Å². The number of aliphatic carboxylic acids is 1. The van der Waals surface area contributed by atoms with Crippen LogP contribution in [0.4, 0.5) is 0 Å². The van der Waals surface area contributed by atoms with E-state index in [1.165, 1.54) is 42.0 Å². The number of rotatable bonds is 11. The molecular formula is C29H37NO4. The average Bonchev–Trinajstić information content (AvgIpc) is 3.28. The maximum Gasteiger partial charge on any atom is 0.327 e. The standard InChI is InChI=1S/C29H37NO4/c31-28(32)12-6-2-9-21-33-29-26(30-19-7-3-8-20-30)17-18-27(29)34-22-23-13-15-25(16-14-23)24-10-4-1-5-11-24/h1,4-6,10-16,26-27,29H,2-3,7-9,17-22H2,(H,31,32)/b12-6+/t26-,27-,29+/m0/s1. The zero-order valence-electron chi connectivity index (χ0n) is 20.0. The molecule has 0 aromatic heterocycles. The molecule has 0 amide bonds. The number of allylic oxidation sites excluding steroid dienone is 1. The lowest BCUT2D eigenvalue weighted by atomic mass is 10.0. The molecule has 0 spiro atoms. The second kappa shape index (κ2) is 12.8. The Morgan fingerprint density at radius 1 is 0.941 bits per heavy atom. The van der Waals surface area contributed by atoms with E-state index in [1.54, 1.807) is 6.08 Å². The topological polar surface area (TPSA) is 59.0 Å². The van der Waals surface area contributed by atoms with Crippen molar-refractivity contribution in [2.45, 2.75) is 69.8 Å². The Morgan fingerprint density at radius 2 is 1.68 bits per heavy atom. The van der Waals surface area contributed by atoms with Crippen molar-refractivity contribution in [2.75, 3.05) is 19.7 Å². The maximum absolute atomic E-state index is 10.6. The molecule has 5 nitrogen and oxygen atoms in total. The summed E-state index contributed by atoms with van der Waals surface area (Å²) in [7, 11) is 0. The first-order valence-corrected chi connectivity index (χ1v) is 12.7. The van der Waals surface area contributed by atoms with E-state index in [9.17, 15) is 4.79 Å². The van der Waals surface area contributed by atoms with Gasteiger partial charge in [0.1, 0.15) is 0 Å². The first kappa shape index (κ1) is 24.6. The number of carboxylic acid groups (broad SMARTS) is 1. The predicted molar refractivity (Wildman–Crippen MR) is 135 cm³/mol. The van der Waals surface area contributed by atoms with Crippen molar-refractivity contribution in [3.05, 3.63) is 72.3 Å². The second-order valence-electron chi connectivity index (χ2n) is 9.37. The minimum absolute atomic E-state index is 0.0742. The highest BCUT2D eigenvalue weighted by Crippen LogP contribution is 2.32. The van der Waals surface area contributed by atoms with Crippen LogP contribution in [0.3, 0.4) is 0 Å². The van der Waals surface area contributed by atoms with E-state index < -0.39 is 5.97 Å². The van der Waals surface area contributed by atoms with E-state index in [2.05, 4.69) is 53.4 Å². The largest absolute Gasteiger partial charge is 0.478 e. The van der Waals surface area contributed by atoms with Crippen LogP contribution in [0, 0.1) is 0 Å². The molecule has 2 aliphatic rings. The van der Waals surface area contributed by atoms with Gasteiger partial charge in [0.15, 0.2) is 0 Å². The molecule has 1 N–H and O–H groups in total. The number of unbranched alkanes of at least 4 members (excludes halogenated alkanes) is 1. The summed E-state index contributed by atoms with van der Waals surface area (Å²) in [5, 5.41) is 8.74. The van der Waals surface area contributed by atoms with Crippen LogP contribution >= 0.6 is 0 Å². The molecule has 2 aromatic carbocycles. The van der Waals surface area contributed by atoms with Crippen LogP contribution in [-0.2, 0) is 20.9 Å². The zero-order valence-corrected chi connectivity index (χ0v) is 20.0. The molecule has 34 heavy (non-hydrogen) atoms. The highest BCUT2D eigenvalue weighted by atomic mass is 16.5. The summed E-state index contributed by atoms with van der Waals surface area (Å²) in [5.74, 6) is -0.896. The lowest BCUT2D eigenvalue weighted by Gasteiger charge is -2.36. The fourth-order valence-electron chi connectivity index (χ4n) is 5.18. The van der Waals surface area contributed by atoms with Gasteiger partial charge in [0.05, 0.1) is 18.8 Å². The van der Waals surface area contributed by atoms with Gasteiger partial charge in [0.25, 0.3) is 0 Å². The molecule has 3 atom stereocenters. The van der Waals surface area contributed by atoms with Gasteiger partial charge in [0, 0.05) is 18.7 Å². The van der Waals surface area contributed by atoms with Crippen molar-refractivity contribution in [1.82, 2.24) is 4.90 Å². The third-order valence-corrected chi connectivity index (χ3v) is 6.96. The van der Waals surface area contributed by atoms with Gasteiger partial charge < -0.3 is 14.6 Å². The lowest BCUT2D eigenvalue weighted by Crippen LogP contribution is -2.47. The van der Waals surface area contributed by atoms with Gasteiger partial charge in [-0.1, -0.05) is 67.1 Å². The molecule has 4 rings (SSSR count). The van der Waals surface area contributed by atoms with Gasteiger partial charge in [-0.2, -0.15) is 0 Å². The van der Waals surface area contributed by atoms with Crippen molar-refractivity contribution in [3.8, 4) is 11.1 Å². The number of benzene rings is 2. The molecule has 2 aromatic rings. The van der Waals surface area contributed by atoms with E-state index in [-0.39, 0.29) is 12.2 Å². The smallest absolute Gasteiger partial charge is 0.327 e. The second-order valence-corrected chi connectivity index (χ2v) is 9.37. The summed E-state index contributed by atoms with van der Waals surface area (Å²) in [4.78, 5) is 13.2. The monoisotopic (exact) mass is 463 g/mol. The van der Waals surface area contributed by atoms with E-state index in [4.69, 9.17) is 14.6 Å². The average molecular weight is 464 g/mol. The maximum atomic E-state index is 10.6. The minimum atomic E-state index is -0.896. The van der Waals surface area contributed by atoms with Crippen molar-refractivity contribution in [1.29, 1.82) is 0 Å². The third-order valence-electron chi connectivity index (χ3n) is 6.96. The Morgan fingerprint density at radius 3 is 2.41 bits per heavy atom. The summed E-state index contributed by atoms with van der Waals surface area (Å²) >= 11 is 0. The fraction of sp³-hybridized carbons (Fsp3) is 0.483. The molecule has 5 heteroatoms. The van der Waals surface area contributed by atoms with Crippen LogP contribution in [-0.4, -0.2) is 53.9 Å². The number of nitrogens with zero attached hydrogens (tertiary/aromatic N) is 1. The van der Waals surface area contributed by atoms with Gasteiger partial charge in [-0.05, 0) is 68.3 Å². The SMILES string of the molecule is O=C(O)/C=C/CCCO[C@H]1[C@@H](OCc2ccc(-c3ccccc3)cc2)CC[C@@H]1N1CCCCC1. The quantitative estimate of drug-likeness (QED) is 0.342. The molecule has 1 saturated heterocycles. The Labute approximate surface area is 203 Å².